The Hall–Kier alpha value is -1.98. The van der Waals surface area contributed by atoms with Gasteiger partial charge in [0, 0.05) is 23.7 Å². The molecule has 0 bridgehead atoms. The molecule has 2 aromatic rings. The second-order valence-electron chi connectivity index (χ2n) is 5.80. The van der Waals surface area contributed by atoms with E-state index in [4.69, 9.17) is 11.6 Å². The molecule has 0 saturated heterocycles. The summed E-state index contributed by atoms with van der Waals surface area (Å²) in [5.41, 5.74) is 0.949. The quantitative estimate of drug-likeness (QED) is 0.832. The van der Waals surface area contributed by atoms with Crippen molar-refractivity contribution in [2.45, 2.75) is 26.4 Å². The van der Waals surface area contributed by atoms with Gasteiger partial charge in [0.25, 0.3) is 0 Å². The number of halogens is 3. The van der Waals surface area contributed by atoms with E-state index in [1.54, 1.807) is 6.07 Å². The number of amides is 1. The summed E-state index contributed by atoms with van der Waals surface area (Å²) in [6, 6.07) is 10.6. The van der Waals surface area contributed by atoms with E-state index in [9.17, 15) is 13.6 Å². The van der Waals surface area contributed by atoms with Crippen molar-refractivity contribution in [1.29, 1.82) is 0 Å². The molecule has 0 atom stereocenters. The number of anilines is 1. The van der Waals surface area contributed by atoms with Gasteiger partial charge < -0.3 is 5.32 Å². The highest BCUT2D eigenvalue weighted by molar-refractivity contribution is 6.30. The molecule has 128 valence electrons. The van der Waals surface area contributed by atoms with Crippen LogP contribution in [0.25, 0.3) is 0 Å². The molecule has 0 radical (unpaired) electrons. The van der Waals surface area contributed by atoms with Crippen molar-refractivity contribution < 1.29 is 13.6 Å². The van der Waals surface area contributed by atoms with Gasteiger partial charge in [0.15, 0.2) is 0 Å². The maximum atomic E-state index is 13.6. The first-order chi connectivity index (χ1) is 11.3. The van der Waals surface area contributed by atoms with Gasteiger partial charge in [0.2, 0.25) is 5.91 Å². The van der Waals surface area contributed by atoms with Gasteiger partial charge in [-0.25, -0.2) is 8.78 Å². The summed E-state index contributed by atoms with van der Waals surface area (Å²) < 4.78 is 26.5. The molecule has 0 aliphatic heterocycles. The van der Waals surface area contributed by atoms with Gasteiger partial charge in [-0.05, 0) is 43.7 Å². The normalized spacial score (nSPS) is 11.1. The fourth-order valence-corrected chi connectivity index (χ4v) is 2.47. The van der Waals surface area contributed by atoms with Crippen molar-refractivity contribution in [3.63, 3.8) is 0 Å². The Morgan fingerprint density at radius 1 is 1.21 bits per heavy atom. The molecular weight excluding hydrogens is 334 g/mol. The van der Waals surface area contributed by atoms with Crippen molar-refractivity contribution in [3.8, 4) is 0 Å². The van der Waals surface area contributed by atoms with E-state index in [0.29, 0.717) is 11.6 Å². The molecule has 6 heteroatoms. The van der Waals surface area contributed by atoms with Crippen molar-refractivity contribution in [2.24, 2.45) is 0 Å². The number of hydrogen-bond acceptors (Lipinski definition) is 2. The van der Waals surface area contributed by atoms with Crippen LogP contribution in [0.3, 0.4) is 0 Å². The molecule has 0 heterocycles. The van der Waals surface area contributed by atoms with E-state index >= 15 is 0 Å². The average Bonchev–Trinajstić information content (AvgIpc) is 2.49. The van der Waals surface area contributed by atoms with Crippen LogP contribution < -0.4 is 5.32 Å². The standard InChI is InChI=1S/C18H19ClF2N2O/c1-12(2)23(10-13-4-3-5-14(19)8-13)11-18(24)22-17-7-6-15(20)9-16(17)21/h3-9,12H,10-11H2,1-2H3,(H,22,24). The third-order valence-electron chi connectivity index (χ3n) is 3.56. The van der Waals surface area contributed by atoms with E-state index < -0.39 is 11.6 Å². The molecule has 0 aliphatic carbocycles. The van der Waals surface area contributed by atoms with Crippen LogP contribution in [-0.4, -0.2) is 23.4 Å². The highest BCUT2D eigenvalue weighted by Crippen LogP contribution is 2.16. The predicted molar refractivity (Wildman–Crippen MR) is 92.0 cm³/mol. The fourth-order valence-electron chi connectivity index (χ4n) is 2.26. The van der Waals surface area contributed by atoms with Crippen molar-refractivity contribution >= 4 is 23.2 Å². The topological polar surface area (TPSA) is 32.3 Å². The van der Waals surface area contributed by atoms with Crippen molar-refractivity contribution in [1.82, 2.24) is 4.90 Å². The Labute approximate surface area is 145 Å². The SMILES string of the molecule is CC(C)N(CC(=O)Nc1ccc(F)cc1F)Cc1cccc(Cl)c1. The minimum atomic E-state index is -0.797. The molecule has 2 rings (SSSR count). The summed E-state index contributed by atoms with van der Waals surface area (Å²) in [6.07, 6.45) is 0. The largest absolute Gasteiger partial charge is 0.322 e. The van der Waals surface area contributed by atoms with E-state index in [2.05, 4.69) is 5.32 Å². The number of rotatable bonds is 6. The molecular formula is C18H19ClF2N2O. The summed E-state index contributed by atoms with van der Waals surface area (Å²) in [6.45, 7) is 4.56. The number of carbonyl (C=O) groups excluding carboxylic acids is 1. The van der Waals surface area contributed by atoms with Crippen LogP contribution in [0.1, 0.15) is 19.4 Å². The van der Waals surface area contributed by atoms with Gasteiger partial charge in [-0.1, -0.05) is 23.7 Å². The minimum Gasteiger partial charge on any atom is -0.322 e. The average molecular weight is 353 g/mol. The Morgan fingerprint density at radius 2 is 1.96 bits per heavy atom. The molecule has 1 amide bonds. The van der Waals surface area contributed by atoms with Crippen molar-refractivity contribution in [3.05, 3.63) is 64.7 Å². The van der Waals surface area contributed by atoms with Crippen LogP contribution >= 0.6 is 11.6 Å². The molecule has 3 nitrogen and oxygen atoms in total. The third-order valence-corrected chi connectivity index (χ3v) is 3.79. The summed E-state index contributed by atoms with van der Waals surface area (Å²) in [7, 11) is 0. The lowest BCUT2D eigenvalue weighted by molar-refractivity contribution is -0.117. The Bertz CT molecular complexity index is 722. The van der Waals surface area contributed by atoms with Gasteiger partial charge in [-0.15, -0.1) is 0 Å². The summed E-state index contributed by atoms with van der Waals surface area (Å²) in [5.74, 6) is -1.85. The first-order valence-corrected chi connectivity index (χ1v) is 7.96. The number of carbonyl (C=O) groups is 1. The fraction of sp³-hybridized carbons (Fsp3) is 0.278. The lowest BCUT2D eigenvalue weighted by Crippen LogP contribution is -2.37. The zero-order valence-electron chi connectivity index (χ0n) is 13.5. The Kier molecular flexibility index (Phi) is 6.29. The highest BCUT2D eigenvalue weighted by atomic mass is 35.5. The second kappa shape index (κ2) is 8.22. The summed E-state index contributed by atoms with van der Waals surface area (Å²) in [5, 5.41) is 3.10. The Balaban J connectivity index is 2.03. The molecule has 0 unspecified atom stereocenters. The van der Waals surface area contributed by atoms with E-state index in [1.165, 1.54) is 6.07 Å². The lowest BCUT2D eigenvalue weighted by atomic mass is 10.2. The molecule has 2 aromatic carbocycles. The molecule has 1 N–H and O–H groups in total. The number of nitrogens with zero attached hydrogens (tertiary/aromatic N) is 1. The van der Waals surface area contributed by atoms with Gasteiger partial charge in [0.1, 0.15) is 11.6 Å². The van der Waals surface area contributed by atoms with E-state index in [0.717, 1.165) is 17.7 Å². The van der Waals surface area contributed by atoms with Gasteiger partial charge in [0.05, 0.1) is 12.2 Å². The Morgan fingerprint density at radius 3 is 2.58 bits per heavy atom. The number of benzene rings is 2. The maximum absolute atomic E-state index is 13.6. The van der Waals surface area contributed by atoms with Gasteiger partial charge in [-0.3, -0.25) is 9.69 Å². The van der Waals surface area contributed by atoms with Crippen LogP contribution in [0.5, 0.6) is 0 Å². The van der Waals surface area contributed by atoms with Gasteiger partial charge in [-0.2, -0.15) is 0 Å². The lowest BCUT2D eigenvalue weighted by Gasteiger charge is -2.26. The van der Waals surface area contributed by atoms with Crippen molar-refractivity contribution in [2.75, 3.05) is 11.9 Å². The molecule has 0 aromatic heterocycles. The van der Waals surface area contributed by atoms with Crippen LogP contribution in [0.15, 0.2) is 42.5 Å². The minimum absolute atomic E-state index is 0.0344. The zero-order valence-corrected chi connectivity index (χ0v) is 14.3. The smallest absolute Gasteiger partial charge is 0.238 e. The molecule has 0 aliphatic rings. The summed E-state index contributed by atoms with van der Waals surface area (Å²) in [4.78, 5) is 14.1. The zero-order chi connectivity index (χ0) is 17.7. The molecule has 24 heavy (non-hydrogen) atoms. The van der Waals surface area contributed by atoms with E-state index in [1.807, 2.05) is 36.9 Å². The predicted octanol–water partition coefficient (Wildman–Crippen LogP) is 4.47. The number of hydrogen-bond donors (Lipinski definition) is 1. The third kappa shape index (κ3) is 5.28. The second-order valence-corrected chi connectivity index (χ2v) is 6.24. The van der Waals surface area contributed by atoms with Crippen LogP contribution in [0.4, 0.5) is 14.5 Å². The van der Waals surface area contributed by atoms with Crippen LogP contribution in [0.2, 0.25) is 5.02 Å². The maximum Gasteiger partial charge on any atom is 0.238 e. The highest BCUT2D eigenvalue weighted by Gasteiger charge is 2.16. The number of nitrogens with one attached hydrogen (secondary N) is 1. The monoisotopic (exact) mass is 352 g/mol. The molecule has 0 saturated carbocycles. The van der Waals surface area contributed by atoms with E-state index in [-0.39, 0.29) is 24.2 Å². The van der Waals surface area contributed by atoms with Gasteiger partial charge >= 0.3 is 0 Å². The molecule has 0 spiro atoms. The van der Waals surface area contributed by atoms with Crippen LogP contribution in [0, 0.1) is 11.6 Å². The first-order valence-electron chi connectivity index (χ1n) is 7.58. The summed E-state index contributed by atoms with van der Waals surface area (Å²) >= 11 is 5.98. The first kappa shape index (κ1) is 18.4. The molecule has 0 fully saturated rings. The van der Waals surface area contributed by atoms with Crippen LogP contribution in [-0.2, 0) is 11.3 Å².